The topological polar surface area (TPSA) is 12.5 Å². The maximum atomic E-state index is 5.68. The van der Waals surface area contributed by atoms with Crippen molar-refractivity contribution >= 4 is 11.4 Å². The van der Waals surface area contributed by atoms with Crippen molar-refractivity contribution in [2.24, 2.45) is 0 Å². The molecule has 0 amide bonds. The van der Waals surface area contributed by atoms with Crippen LogP contribution in [-0.2, 0) is 11.3 Å². The second-order valence-electron chi connectivity index (χ2n) is 4.75. The molecule has 2 nitrogen and oxygen atoms in total. The summed E-state index contributed by atoms with van der Waals surface area (Å²) in [6, 6.07) is 14.9. The van der Waals surface area contributed by atoms with Crippen molar-refractivity contribution in [3.05, 3.63) is 59.2 Å². The highest BCUT2D eigenvalue weighted by atomic mass is 16.5. The van der Waals surface area contributed by atoms with Gasteiger partial charge in [0.2, 0.25) is 0 Å². The number of nitrogens with zero attached hydrogens (tertiary/aromatic N) is 1. The largest absolute Gasteiger partial charge is 0.356 e. The molecule has 18 heavy (non-hydrogen) atoms. The molecule has 1 heterocycles. The Balaban J connectivity index is 2.11. The maximum absolute atomic E-state index is 5.68. The van der Waals surface area contributed by atoms with Crippen molar-refractivity contribution in [3.63, 3.8) is 0 Å². The zero-order valence-corrected chi connectivity index (χ0v) is 10.8. The maximum Gasteiger partial charge on any atom is 0.123 e. The first-order valence-electron chi connectivity index (χ1n) is 6.27. The Bertz CT molecular complexity index is 577. The van der Waals surface area contributed by atoms with E-state index in [1.165, 1.54) is 28.1 Å². The summed E-state index contributed by atoms with van der Waals surface area (Å²) in [7, 11) is 0. The first-order valence-corrected chi connectivity index (χ1v) is 6.27. The molecule has 1 aliphatic heterocycles. The van der Waals surface area contributed by atoms with Gasteiger partial charge in [-0.05, 0) is 37.1 Å². The van der Waals surface area contributed by atoms with Gasteiger partial charge in [0.05, 0.1) is 6.61 Å². The van der Waals surface area contributed by atoms with Crippen molar-refractivity contribution in [3.8, 4) is 0 Å². The summed E-state index contributed by atoms with van der Waals surface area (Å²) in [6.45, 7) is 5.65. The van der Waals surface area contributed by atoms with Gasteiger partial charge < -0.3 is 9.64 Å². The van der Waals surface area contributed by atoms with Gasteiger partial charge in [0.1, 0.15) is 6.73 Å². The summed E-state index contributed by atoms with van der Waals surface area (Å²) in [6.07, 6.45) is 0. The van der Waals surface area contributed by atoms with Crippen LogP contribution in [0.3, 0.4) is 0 Å². The van der Waals surface area contributed by atoms with Crippen LogP contribution in [-0.4, -0.2) is 6.73 Å². The molecule has 0 saturated heterocycles. The molecule has 0 atom stereocenters. The summed E-state index contributed by atoms with van der Waals surface area (Å²) in [5.41, 5.74) is 6.39. The summed E-state index contributed by atoms with van der Waals surface area (Å²) in [4.78, 5) is 2.25. The molecule has 0 saturated carbocycles. The lowest BCUT2D eigenvalue weighted by molar-refractivity contribution is 0.117. The average Bonchev–Trinajstić information content (AvgIpc) is 2.41. The highest BCUT2D eigenvalue weighted by Crippen LogP contribution is 2.34. The van der Waals surface area contributed by atoms with Gasteiger partial charge in [-0.25, -0.2) is 0 Å². The lowest BCUT2D eigenvalue weighted by atomic mass is 10.1. The Hall–Kier alpha value is -1.80. The number of fused-ring (bicyclic) bond motifs is 1. The van der Waals surface area contributed by atoms with Crippen LogP contribution in [0.4, 0.5) is 11.4 Å². The Morgan fingerprint density at radius 1 is 0.944 bits per heavy atom. The molecule has 0 N–H and O–H groups in total. The summed E-state index contributed by atoms with van der Waals surface area (Å²) in [5.74, 6) is 0. The van der Waals surface area contributed by atoms with Crippen LogP contribution in [0.1, 0.15) is 16.7 Å². The second kappa shape index (κ2) is 4.46. The van der Waals surface area contributed by atoms with Gasteiger partial charge in [-0.15, -0.1) is 0 Å². The van der Waals surface area contributed by atoms with Crippen molar-refractivity contribution in [2.45, 2.75) is 20.5 Å². The van der Waals surface area contributed by atoms with Gasteiger partial charge in [0, 0.05) is 16.9 Å². The number of hydrogen-bond donors (Lipinski definition) is 0. The molecule has 2 aromatic carbocycles. The van der Waals surface area contributed by atoms with E-state index in [1.54, 1.807) is 0 Å². The van der Waals surface area contributed by atoms with E-state index >= 15 is 0 Å². The summed E-state index contributed by atoms with van der Waals surface area (Å²) >= 11 is 0. The number of hydrogen-bond acceptors (Lipinski definition) is 2. The van der Waals surface area contributed by atoms with Crippen LogP contribution < -0.4 is 4.90 Å². The van der Waals surface area contributed by atoms with E-state index in [-0.39, 0.29) is 0 Å². The number of benzene rings is 2. The van der Waals surface area contributed by atoms with E-state index < -0.39 is 0 Å². The van der Waals surface area contributed by atoms with Crippen molar-refractivity contribution < 1.29 is 4.74 Å². The minimum Gasteiger partial charge on any atom is -0.356 e. The Kier molecular flexibility index (Phi) is 2.80. The van der Waals surface area contributed by atoms with Gasteiger partial charge in [0.15, 0.2) is 0 Å². The Labute approximate surface area is 108 Å². The molecule has 0 aromatic heterocycles. The third-order valence-electron chi connectivity index (χ3n) is 3.63. The molecule has 1 aliphatic rings. The average molecular weight is 239 g/mol. The van der Waals surface area contributed by atoms with E-state index in [4.69, 9.17) is 4.74 Å². The van der Waals surface area contributed by atoms with Crippen molar-refractivity contribution in [1.29, 1.82) is 0 Å². The first-order chi connectivity index (χ1) is 8.77. The van der Waals surface area contributed by atoms with Gasteiger partial charge in [-0.3, -0.25) is 0 Å². The molecule has 2 heteroatoms. The molecule has 0 bridgehead atoms. The molecular formula is C16H17NO. The standard InChI is InChI=1S/C16H17NO/c1-12-6-5-9-15(13(12)2)17-11-18-10-14-7-3-4-8-16(14)17/h3-9H,10-11H2,1-2H3. The van der Waals surface area contributed by atoms with E-state index in [1.807, 2.05) is 0 Å². The van der Waals surface area contributed by atoms with E-state index in [0.29, 0.717) is 13.3 Å². The minimum absolute atomic E-state index is 0.626. The fourth-order valence-electron chi connectivity index (χ4n) is 2.44. The van der Waals surface area contributed by atoms with Gasteiger partial charge in [-0.2, -0.15) is 0 Å². The smallest absolute Gasteiger partial charge is 0.123 e. The summed E-state index contributed by atoms with van der Waals surface area (Å²) < 4.78 is 5.68. The number of aryl methyl sites for hydroxylation is 1. The van der Waals surface area contributed by atoms with E-state index in [2.05, 4.69) is 61.2 Å². The van der Waals surface area contributed by atoms with E-state index in [9.17, 15) is 0 Å². The number of para-hydroxylation sites is 1. The predicted octanol–water partition coefficient (Wildman–Crippen LogP) is 3.93. The lowest BCUT2D eigenvalue weighted by Crippen LogP contribution is -2.26. The van der Waals surface area contributed by atoms with Crippen LogP contribution in [0.5, 0.6) is 0 Å². The fourth-order valence-corrected chi connectivity index (χ4v) is 2.44. The molecule has 92 valence electrons. The summed E-state index contributed by atoms with van der Waals surface area (Å²) in [5, 5.41) is 0. The SMILES string of the molecule is Cc1cccc(N2COCc3ccccc32)c1C. The van der Waals surface area contributed by atoms with Crippen LogP contribution >= 0.6 is 0 Å². The molecule has 0 fully saturated rings. The number of rotatable bonds is 1. The highest BCUT2D eigenvalue weighted by molar-refractivity contribution is 5.70. The van der Waals surface area contributed by atoms with Crippen molar-refractivity contribution in [2.75, 3.05) is 11.6 Å². The molecule has 0 aliphatic carbocycles. The third-order valence-corrected chi connectivity index (χ3v) is 3.63. The third kappa shape index (κ3) is 1.79. The zero-order valence-electron chi connectivity index (χ0n) is 10.8. The molecule has 3 rings (SSSR count). The van der Waals surface area contributed by atoms with Gasteiger partial charge in [0.25, 0.3) is 0 Å². The lowest BCUT2D eigenvalue weighted by Gasteiger charge is -2.32. The minimum atomic E-state index is 0.626. The normalized spacial score (nSPS) is 14.4. The Morgan fingerprint density at radius 3 is 2.61 bits per heavy atom. The molecule has 0 spiro atoms. The monoisotopic (exact) mass is 239 g/mol. The highest BCUT2D eigenvalue weighted by Gasteiger charge is 2.19. The molecule has 2 aromatic rings. The van der Waals surface area contributed by atoms with Crippen LogP contribution in [0, 0.1) is 13.8 Å². The van der Waals surface area contributed by atoms with Crippen LogP contribution in [0.25, 0.3) is 0 Å². The van der Waals surface area contributed by atoms with Crippen LogP contribution in [0.15, 0.2) is 42.5 Å². The van der Waals surface area contributed by atoms with Gasteiger partial charge >= 0.3 is 0 Å². The van der Waals surface area contributed by atoms with Gasteiger partial charge in [-0.1, -0.05) is 30.3 Å². The molecular weight excluding hydrogens is 222 g/mol. The van der Waals surface area contributed by atoms with Crippen molar-refractivity contribution in [1.82, 2.24) is 0 Å². The molecule has 0 unspecified atom stereocenters. The second-order valence-corrected chi connectivity index (χ2v) is 4.75. The van der Waals surface area contributed by atoms with E-state index in [0.717, 1.165) is 0 Å². The van der Waals surface area contributed by atoms with Crippen LogP contribution in [0.2, 0.25) is 0 Å². The predicted molar refractivity (Wildman–Crippen MR) is 74.2 cm³/mol. The Morgan fingerprint density at radius 2 is 1.72 bits per heavy atom. The quantitative estimate of drug-likeness (QED) is 0.747. The number of anilines is 2. The number of ether oxygens (including phenoxy) is 1. The molecule has 0 radical (unpaired) electrons. The zero-order chi connectivity index (χ0) is 12.5. The first kappa shape index (κ1) is 11.3. The fraction of sp³-hybridized carbons (Fsp3) is 0.250.